The molecule has 0 aliphatic carbocycles. The molecule has 0 saturated heterocycles. The molecule has 2 nitrogen and oxygen atoms in total. The highest BCUT2D eigenvalue weighted by atomic mass is 32.1. The van der Waals surface area contributed by atoms with Crippen LogP contribution in [0.25, 0.3) is 0 Å². The molecule has 0 aromatic carbocycles. The number of rotatable bonds is 14. The minimum absolute atomic E-state index is 0.668. The third kappa shape index (κ3) is 16.3. The average Bonchev–Trinajstić information content (AvgIpc) is 2.35. The number of hydrogen-bond donors (Lipinski definition) is 1. The smallest absolute Gasteiger partial charge is 0.0834 e. The summed E-state index contributed by atoms with van der Waals surface area (Å²) < 4.78 is 4.24. The lowest BCUT2D eigenvalue weighted by Gasteiger charge is -2.02. The van der Waals surface area contributed by atoms with Crippen molar-refractivity contribution in [3.8, 4) is 0 Å². The Balaban J connectivity index is 2.85. The maximum atomic E-state index is 4.69. The molecule has 0 spiro atoms. The van der Waals surface area contributed by atoms with Gasteiger partial charge in [-0.2, -0.15) is 4.33 Å². The zero-order chi connectivity index (χ0) is 12.6. The van der Waals surface area contributed by atoms with Crippen LogP contribution < -0.4 is 0 Å². The van der Waals surface area contributed by atoms with Gasteiger partial charge < -0.3 is 0 Å². The van der Waals surface area contributed by atoms with Crippen molar-refractivity contribution in [3.63, 3.8) is 0 Å². The lowest BCUT2D eigenvalue weighted by molar-refractivity contribution is -0.188. The SMILES string of the molecule is CCCCCCCCCCCCCCOOS. The Kier molecular flexibility index (Phi) is 16.5. The highest BCUT2D eigenvalue weighted by molar-refractivity contribution is 7.74. The summed E-state index contributed by atoms with van der Waals surface area (Å²) in [7, 11) is 0. The van der Waals surface area contributed by atoms with Crippen LogP contribution in [0.2, 0.25) is 0 Å². The maximum Gasteiger partial charge on any atom is 0.0834 e. The van der Waals surface area contributed by atoms with Crippen molar-refractivity contribution in [1.82, 2.24) is 0 Å². The van der Waals surface area contributed by atoms with Crippen molar-refractivity contribution in [2.45, 2.75) is 84.0 Å². The average molecular weight is 262 g/mol. The first-order valence-corrected chi connectivity index (χ1v) is 7.71. The summed E-state index contributed by atoms with van der Waals surface area (Å²) in [5.41, 5.74) is 0. The van der Waals surface area contributed by atoms with Gasteiger partial charge >= 0.3 is 0 Å². The van der Waals surface area contributed by atoms with E-state index in [4.69, 9.17) is 0 Å². The van der Waals surface area contributed by atoms with Gasteiger partial charge in [0, 0.05) is 12.9 Å². The Morgan fingerprint density at radius 3 is 1.47 bits per heavy atom. The van der Waals surface area contributed by atoms with Crippen molar-refractivity contribution in [3.05, 3.63) is 0 Å². The number of unbranched alkanes of at least 4 members (excludes halogenated alkanes) is 11. The van der Waals surface area contributed by atoms with Crippen LogP contribution in [0.5, 0.6) is 0 Å². The summed E-state index contributed by atoms with van der Waals surface area (Å²) in [6, 6.07) is 0. The van der Waals surface area contributed by atoms with Crippen molar-refractivity contribution >= 4 is 12.9 Å². The molecule has 17 heavy (non-hydrogen) atoms. The maximum absolute atomic E-state index is 4.69. The van der Waals surface area contributed by atoms with Gasteiger partial charge in [-0.1, -0.05) is 77.6 Å². The minimum Gasteiger partial charge on any atom is -0.225 e. The quantitative estimate of drug-likeness (QED) is 0.147. The highest BCUT2D eigenvalue weighted by Gasteiger charge is 1.93. The van der Waals surface area contributed by atoms with Gasteiger partial charge in [0.25, 0.3) is 0 Å². The van der Waals surface area contributed by atoms with E-state index in [9.17, 15) is 0 Å². The lowest BCUT2D eigenvalue weighted by atomic mass is 10.1. The van der Waals surface area contributed by atoms with Gasteiger partial charge in [0.15, 0.2) is 0 Å². The summed E-state index contributed by atoms with van der Waals surface area (Å²) in [6.07, 6.45) is 16.3. The van der Waals surface area contributed by atoms with E-state index in [0.717, 1.165) is 6.42 Å². The summed E-state index contributed by atoms with van der Waals surface area (Å²) in [5, 5.41) is 0. The van der Waals surface area contributed by atoms with Crippen LogP contribution >= 0.6 is 12.9 Å². The number of hydrogen-bond acceptors (Lipinski definition) is 3. The Morgan fingerprint density at radius 2 is 1.06 bits per heavy atom. The second-order valence-corrected chi connectivity index (χ2v) is 4.93. The van der Waals surface area contributed by atoms with Crippen LogP contribution in [-0.4, -0.2) is 6.61 Å². The van der Waals surface area contributed by atoms with E-state index in [1.165, 1.54) is 70.6 Å². The zero-order valence-corrected chi connectivity index (χ0v) is 12.4. The summed E-state index contributed by atoms with van der Waals surface area (Å²) in [4.78, 5) is 4.69. The molecular weight excluding hydrogens is 232 g/mol. The number of thiol groups is 1. The second kappa shape index (κ2) is 16.3. The molecule has 0 aliphatic heterocycles. The monoisotopic (exact) mass is 262 g/mol. The fraction of sp³-hybridized carbons (Fsp3) is 1.00. The van der Waals surface area contributed by atoms with E-state index in [0.29, 0.717) is 6.61 Å². The van der Waals surface area contributed by atoms with E-state index in [-0.39, 0.29) is 0 Å². The molecule has 0 bridgehead atoms. The highest BCUT2D eigenvalue weighted by Crippen LogP contribution is 2.11. The predicted molar refractivity (Wildman–Crippen MR) is 77.1 cm³/mol. The Morgan fingerprint density at radius 1 is 0.647 bits per heavy atom. The van der Waals surface area contributed by atoms with E-state index >= 15 is 0 Å². The molecule has 0 fully saturated rings. The first-order chi connectivity index (χ1) is 8.41. The van der Waals surface area contributed by atoms with Crippen LogP contribution in [0.4, 0.5) is 0 Å². The molecule has 0 saturated carbocycles. The summed E-state index contributed by atoms with van der Waals surface area (Å²) >= 11 is 3.51. The first-order valence-electron chi connectivity index (χ1n) is 7.35. The molecule has 0 rings (SSSR count). The Hall–Kier alpha value is 0.270. The van der Waals surface area contributed by atoms with Crippen LogP contribution in [0.3, 0.4) is 0 Å². The van der Waals surface area contributed by atoms with Gasteiger partial charge in [0.2, 0.25) is 0 Å². The molecule has 0 N–H and O–H groups in total. The minimum atomic E-state index is 0.668. The molecule has 0 aliphatic rings. The van der Waals surface area contributed by atoms with Gasteiger partial charge in [0.05, 0.1) is 6.61 Å². The van der Waals surface area contributed by atoms with Crippen LogP contribution in [0.15, 0.2) is 0 Å². The molecule has 0 heterocycles. The van der Waals surface area contributed by atoms with E-state index < -0.39 is 0 Å². The second-order valence-electron chi connectivity index (χ2n) is 4.79. The van der Waals surface area contributed by atoms with Crippen molar-refractivity contribution in [2.24, 2.45) is 0 Å². The van der Waals surface area contributed by atoms with Gasteiger partial charge in [-0.3, -0.25) is 0 Å². The molecule has 3 heteroatoms. The third-order valence-corrected chi connectivity index (χ3v) is 3.24. The molecule has 0 unspecified atom stereocenters. The van der Waals surface area contributed by atoms with Crippen molar-refractivity contribution in [2.75, 3.05) is 6.61 Å². The van der Waals surface area contributed by atoms with Crippen LogP contribution in [-0.2, 0) is 9.22 Å². The molecule has 0 aromatic rings. The molecule has 104 valence electrons. The van der Waals surface area contributed by atoms with Gasteiger partial charge in [0.1, 0.15) is 0 Å². The van der Waals surface area contributed by atoms with Crippen molar-refractivity contribution < 1.29 is 9.22 Å². The van der Waals surface area contributed by atoms with Crippen LogP contribution in [0, 0.1) is 0 Å². The summed E-state index contributed by atoms with van der Waals surface area (Å²) in [5.74, 6) is 0. The molecule has 0 radical (unpaired) electrons. The molecule has 0 aromatic heterocycles. The first kappa shape index (κ1) is 17.3. The normalized spacial score (nSPS) is 10.9. The zero-order valence-electron chi connectivity index (χ0n) is 11.5. The van der Waals surface area contributed by atoms with Gasteiger partial charge in [-0.15, -0.1) is 0 Å². The topological polar surface area (TPSA) is 18.5 Å². The molecular formula is C14H30O2S. The van der Waals surface area contributed by atoms with Gasteiger partial charge in [-0.25, -0.2) is 4.89 Å². The summed E-state index contributed by atoms with van der Waals surface area (Å²) in [6.45, 7) is 2.94. The molecule has 0 amide bonds. The fourth-order valence-electron chi connectivity index (χ4n) is 2.04. The van der Waals surface area contributed by atoms with Crippen LogP contribution in [0.1, 0.15) is 84.0 Å². The Labute approximate surface area is 113 Å². The van der Waals surface area contributed by atoms with E-state index in [1.54, 1.807) is 0 Å². The molecule has 0 atom stereocenters. The van der Waals surface area contributed by atoms with E-state index in [1.807, 2.05) is 0 Å². The largest absolute Gasteiger partial charge is 0.225 e. The third-order valence-electron chi connectivity index (χ3n) is 3.13. The standard InChI is InChI=1S/C14H30O2S/c1-2-3-4-5-6-7-8-9-10-11-12-13-14-15-16-17/h17H,2-14H2,1H3. The van der Waals surface area contributed by atoms with Crippen molar-refractivity contribution in [1.29, 1.82) is 0 Å². The van der Waals surface area contributed by atoms with E-state index in [2.05, 4.69) is 29.1 Å². The lowest BCUT2D eigenvalue weighted by Crippen LogP contribution is -1.90. The fourth-order valence-corrected chi connectivity index (χ4v) is 2.11. The Bertz CT molecular complexity index is 117. The predicted octanol–water partition coefficient (Wildman–Crippen LogP) is 5.48. The van der Waals surface area contributed by atoms with Gasteiger partial charge in [-0.05, 0) is 6.42 Å².